The van der Waals surface area contributed by atoms with Crippen LogP contribution in [0.3, 0.4) is 0 Å². The van der Waals surface area contributed by atoms with Gasteiger partial charge in [-0.3, -0.25) is 9.59 Å². The number of carbonyl (C=O) groups excluding carboxylic acids is 2. The molecule has 0 spiro atoms. The first kappa shape index (κ1) is 13.0. The summed E-state index contributed by atoms with van der Waals surface area (Å²) in [6.45, 7) is 3.59. The Balaban J connectivity index is 2.47. The molecule has 1 aliphatic carbocycles. The highest BCUT2D eigenvalue weighted by Crippen LogP contribution is 2.26. The summed E-state index contributed by atoms with van der Waals surface area (Å²) in [5, 5.41) is 5.75. The van der Waals surface area contributed by atoms with Crippen LogP contribution in [-0.4, -0.2) is 24.4 Å². The maximum absolute atomic E-state index is 11.1. The molecule has 1 atom stereocenters. The van der Waals surface area contributed by atoms with Crippen LogP contribution in [-0.2, 0) is 9.59 Å². The summed E-state index contributed by atoms with van der Waals surface area (Å²) < 4.78 is 0. The Hall–Kier alpha value is -1.06. The van der Waals surface area contributed by atoms with Crippen molar-refractivity contribution in [1.29, 1.82) is 0 Å². The zero-order valence-corrected chi connectivity index (χ0v) is 10.2. The molecule has 2 N–H and O–H groups in total. The van der Waals surface area contributed by atoms with Crippen molar-refractivity contribution in [3.63, 3.8) is 0 Å². The molecule has 1 fully saturated rings. The molecule has 0 aromatic rings. The molecule has 2 amide bonds. The van der Waals surface area contributed by atoms with Crippen molar-refractivity contribution < 1.29 is 9.59 Å². The minimum atomic E-state index is -0.0360. The summed E-state index contributed by atoms with van der Waals surface area (Å²) in [6, 6.07) is 0.0988. The lowest BCUT2D eigenvalue weighted by molar-refractivity contribution is -0.122. The first-order valence-corrected chi connectivity index (χ1v) is 6.11. The molecule has 1 unspecified atom stereocenters. The standard InChI is InChI=1S/C12H22N2O2/c1-9(15)13-8-12(14-10(2)16)11-6-4-3-5-7-11/h11-12H,3-8H2,1-2H3,(H,13,15)(H,14,16). The van der Waals surface area contributed by atoms with E-state index in [1.807, 2.05) is 0 Å². The highest BCUT2D eigenvalue weighted by atomic mass is 16.2. The second-order valence-electron chi connectivity index (χ2n) is 4.64. The predicted molar refractivity (Wildman–Crippen MR) is 62.9 cm³/mol. The highest BCUT2D eigenvalue weighted by Gasteiger charge is 2.24. The Labute approximate surface area is 97.2 Å². The van der Waals surface area contributed by atoms with Crippen molar-refractivity contribution in [3.05, 3.63) is 0 Å². The first-order valence-electron chi connectivity index (χ1n) is 6.11. The Kier molecular flexibility index (Phi) is 5.29. The predicted octanol–water partition coefficient (Wildman–Crippen LogP) is 1.21. The summed E-state index contributed by atoms with van der Waals surface area (Å²) in [4.78, 5) is 22.0. The zero-order valence-electron chi connectivity index (χ0n) is 10.2. The van der Waals surface area contributed by atoms with Gasteiger partial charge < -0.3 is 10.6 Å². The van der Waals surface area contributed by atoms with E-state index in [1.54, 1.807) is 0 Å². The average Bonchev–Trinajstić information content (AvgIpc) is 2.25. The molecule has 92 valence electrons. The van der Waals surface area contributed by atoms with E-state index in [0.29, 0.717) is 12.5 Å². The third-order valence-electron chi connectivity index (χ3n) is 3.18. The molecule has 4 nitrogen and oxygen atoms in total. The molecule has 1 saturated carbocycles. The second kappa shape index (κ2) is 6.51. The van der Waals surface area contributed by atoms with E-state index >= 15 is 0 Å². The van der Waals surface area contributed by atoms with Gasteiger partial charge in [-0.1, -0.05) is 19.3 Å². The minimum absolute atomic E-state index is 0.0130. The second-order valence-corrected chi connectivity index (χ2v) is 4.64. The SMILES string of the molecule is CC(=O)NCC(NC(C)=O)C1CCCCC1. The summed E-state index contributed by atoms with van der Waals surface area (Å²) >= 11 is 0. The largest absolute Gasteiger partial charge is 0.354 e. The van der Waals surface area contributed by atoms with Gasteiger partial charge in [0.15, 0.2) is 0 Å². The van der Waals surface area contributed by atoms with Gasteiger partial charge in [-0.15, -0.1) is 0 Å². The number of hydrogen-bond donors (Lipinski definition) is 2. The lowest BCUT2D eigenvalue weighted by Gasteiger charge is -2.30. The van der Waals surface area contributed by atoms with Gasteiger partial charge in [-0.05, 0) is 18.8 Å². The van der Waals surface area contributed by atoms with Crippen molar-refractivity contribution in [2.24, 2.45) is 5.92 Å². The van der Waals surface area contributed by atoms with Gasteiger partial charge in [0.1, 0.15) is 0 Å². The van der Waals surface area contributed by atoms with E-state index in [9.17, 15) is 9.59 Å². The third kappa shape index (κ3) is 4.64. The lowest BCUT2D eigenvalue weighted by Crippen LogP contribution is -2.47. The quantitative estimate of drug-likeness (QED) is 0.757. The van der Waals surface area contributed by atoms with E-state index in [4.69, 9.17) is 0 Å². The molecule has 0 saturated heterocycles. The lowest BCUT2D eigenvalue weighted by atomic mass is 9.84. The molecule has 0 aliphatic heterocycles. The van der Waals surface area contributed by atoms with E-state index < -0.39 is 0 Å². The van der Waals surface area contributed by atoms with Crippen LogP contribution in [0.15, 0.2) is 0 Å². The molecule has 4 heteroatoms. The topological polar surface area (TPSA) is 58.2 Å². The summed E-state index contributed by atoms with van der Waals surface area (Å²) in [5.41, 5.74) is 0. The third-order valence-corrected chi connectivity index (χ3v) is 3.18. The molecule has 0 bridgehead atoms. The van der Waals surface area contributed by atoms with Gasteiger partial charge in [0.25, 0.3) is 0 Å². The zero-order chi connectivity index (χ0) is 12.0. The first-order chi connectivity index (χ1) is 7.59. The van der Waals surface area contributed by atoms with Crippen LogP contribution in [0.5, 0.6) is 0 Å². The van der Waals surface area contributed by atoms with Crippen LogP contribution in [0.25, 0.3) is 0 Å². The van der Waals surface area contributed by atoms with Gasteiger partial charge in [0.2, 0.25) is 11.8 Å². The summed E-state index contributed by atoms with van der Waals surface area (Å²) in [6.07, 6.45) is 6.08. The molecule has 1 rings (SSSR count). The maximum Gasteiger partial charge on any atom is 0.217 e. The highest BCUT2D eigenvalue weighted by molar-refractivity contribution is 5.74. The molecular weight excluding hydrogens is 204 g/mol. The van der Waals surface area contributed by atoms with Crippen molar-refractivity contribution >= 4 is 11.8 Å². The Bertz CT molecular complexity index is 247. The van der Waals surface area contributed by atoms with Crippen LogP contribution < -0.4 is 10.6 Å². The van der Waals surface area contributed by atoms with E-state index in [-0.39, 0.29) is 17.9 Å². The molecule has 16 heavy (non-hydrogen) atoms. The van der Waals surface area contributed by atoms with Gasteiger partial charge in [0, 0.05) is 26.4 Å². The maximum atomic E-state index is 11.1. The average molecular weight is 226 g/mol. The number of nitrogens with one attached hydrogen (secondary N) is 2. The smallest absolute Gasteiger partial charge is 0.217 e. The van der Waals surface area contributed by atoms with Crippen LogP contribution in [0.4, 0.5) is 0 Å². The van der Waals surface area contributed by atoms with Crippen LogP contribution >= 0.6 is 0 Å². The van der Waals surface area contributed by atoms with E-state index in [0.717, 1.165) is 12.8 Å². The van der Waals surface area contributed by atoms with Crippen molar-refractivity contribution in [3.8, 4) is 0 Å². The minimum Gasteiger partial charge on any atom is -0.354 e. The van der Waals surface area contributed by atoms with E-state index in [1.165, 1.54) is 33.1 Å². The van der Waals surface area contributed by atoms with Crippen LogP contribution in [0.1, 0.15) is 46.0 Å². The Morgan fingerprint density at radius 1 is 1.12 bits per heavy atom. The fourth-order valence-electron chi connectivity index (χ4n) is 2.39. The molecule has 1 aliphatic rings. The Morgan fingerprint density at radius 3 is 2.25 bits per heavy atom. The summed E-state index contributed by atoms with van der Waals surface area (Å²) in [5.74, 6) is 0.469. The van der Waals surface area contributed by atoms with Gasteiger partial charge in [-0.2, -0.15) is 0 Å². The molecule has 0 heterocycles. The monoisotopic (exact) mass is 226 g/mol. The van der Waals surface area contributed by atoms with Gasteiger partial charge >= 0.3 is 0 Å². The Morgan fingerprint density at radius 2 is 1.75 bits per heavy atom. The normalized spacial score (nSPS) is 18.9. The van der Waals surface area contributed by atoms with Crippen molar-refractivity contribution in [1.82, 2.24) is 10.6 Å². The van der Waals surface area contributed by atoms with Gasteiger partial charge in [-0.25, -0.2) is 0 Å². The molecule has 0 aromatic heterocycles. The van der Waals surface area contributed by atoms with Crippen LogP contribution in [0.2, 0.25) is 0 Å². The fraction of sp³-hybridized carbons (Fsp3) is 0.833. The summed E-state index contributed by atoms with van der Waals surface area (Å²) in [7, 11) is 0. The molecular formula is C12H22N2O2. The van der Waals surface area contributed by atoms with Crippen LogP contribution in [0, 0.1) is 5.92 Å². The number of hydrogen-bond acceptors (Lipinski definition) is 2. The van der Waals surface area contributed by atoms with Crippen molar-refractivity contribution in [2.75, 3.05) is 6.54 Å². The van der Waals surface area contributed by atoms with Gasteiger partial charge in [0.05, 0.1) is 0 Å². The number of amides is 2. The number of rotatable bonds is 4. The van der Waals surface area contributed by atoms with Crippen molar-refractivity contribution in [2.45, 2.75) is 52.0 Å². The number of carbonyl (C=O) groups is 2. The molecule has 0 aromatic carbocycles. The molecule has 0 radical (unpaired) electrons. The fourth-order valence-corrected chi connectivity index (χ4v) is 2.39. The van der Waals surface area contributed by atoms with E-state index in [2.05, 4.69) is 10.6 Å².